The summed E-state index contributed by atoms with van der Waals surface area (Å²) in [5.41, 5.74) is 0.969. The molecule has 0 N–H and O–H groups in total. The molecule has 1 fully saturated rings. The van der Waals surface area contributed by atoms with Crippen LogP contribution in [-0.2, 0) is 16.1 Å². The fourth-order valence-electron chi connectivity index (χ4n) is 2.93. The van der Waals surface area contributed by atoms with Gasteiger partial charge in [-0.25, -0.2) is 8.78 Å². The number of carbonyl (C=O) groups is 1. The van der Waals surface area contributed by atoms with Crippen LogP contribution >= 0.6 is 23.2 Å². The van der Waals surface area contributed by atoms with Crippen LogP contribution in [0.15, 0.2) is 36.4 Å². The molecule has 4 nitrogen and oxygen atoms in total. The number of rotatable bonds is 5. The van der Waals surface area contributed by atoms with Gasteiger partial charge in [0.1, 0.15) is 6.61 Å². The van der Waals surface area contributed by atoms with Crippen LogP contribution < -0.4 is 4.90 Å². The average molecular weight is 415 g/mol. The van der Waals surface area contributed by atoms with Crippen molar-refractivity contribution in [1.29, 1.82) is 0 Å². The van der Waals surface area contributed by atoms with Gasteiger partial charge in [0.2, 0.25) is 5.91 Å². The highest BCUT2D eigenvalue weighted by atomic mass is 35.5. The highest BCUT2D eigenvalue weighted by Crippen LogP contribution is 2.29. The van der Waals surface area contributed by atoms with Crippen LogP contribution in [0.3, 0.4) is 0 Å². The molecule has 1 heterocycles. The van der Waals surface area contributed by atoms with Gasteiger partial charge in [-0.15, -0.1) is 0 Å². The van der Waals surface area contributed by atoms with Gasteiger partial charge in [-0.3, -0.25) is 4.79 Å². The Labute approximate surface area is 166 Å². The summed E-state index contributed by atoms with van der Waals surface area (Å²) in [6.07, 6.45) is 0. The summed E-state index contributed by atoms with van der Waals surface area (Å²) in [6, 6.07) is 9.20. The van der Waals surface area contributed by atoms with E-state index in [2.05, 4.69) is 4.90 Å². The van der Waals surface area contributed by atoms with Crippen molar-refractivity contribution >= 4 is 34.8 Å². The summed E-state index contributed by atoms with van der Waals surface area (Å²) in [5, 5.41) is 1.15. The molecule has 3 rings (SSSR count). The van der Waals surface area contributed by atoms with Crippen LogP contribution in [0.2, 0.25) is 10.0 Å². The van der Waals surface area contributed by atoms with Gasteiger partial charge >= 0.3 is 0 Å². The van der Waals surface area contributed by atoms with Crippen LogP contribution in [0.4, 0.5) is 14.5 Å². The molecule has 0 bridgehead atoms. The molecule has 1 saturated heterocycles. The summed E-state index contributed by atoms with van der Waals surface area (Å²) < 4.78 is 32.0. The fraction of sp³-hybridized carbons (Fsp3) is 0.316. The topological polar surface area (TPSA) is 32.8 Å². The predicted molar refractivity (Wildman–Crippen MR) is 101 cm³/mol. The lowest BCUT2D eigenvalue weighted by Crippen LogP contribution is -2.49. The van der Waals surface area contributed by atoms with Crippen LogP contribution in [0, 0.1) is 11.6 Å². The third-order valence-electron chi connectivity index (χ3n) is 4.40. The van der Waals surface area contributed by atoms with E-state index >= 15 is 0 Å². The van der Waals surface area contributed by atoms with E-state index < -0.39 is 11.6 Å². The van der Waals surface area contributed by atoms with E-state index in [1.165, 1.54) is 12.1 Å². The zero-order valence-electron chi connectivity index (χ0n) is 14.4. The monoisotopic (exact) mass is 414 g/mol. The van der Waals surface area contributed by atoms with Gasteiger partial charge in [-0.2, -0.15) is 0 Å². The first-order valence-corrected chi connectivity index (χ1v) is 9.19. The molecular formula is C19H18Cl2F2N2O2. The third-order valence-corrected chi connectivity index (χ3v) is 4.94. The van der Waals surface area contributed by atoms with Crippen molar-refractivity contribution < 1.29 is 18.3 Å². The Morgan fingerprint density at radius 3 is 2.52 bits per heavy atom. The van der Waals surface area contributed by atoms with E-state index in [4.69, 9.17) is 27.9 Å². The Balaban J connectivity index is 1.48. The molecule has 0 radical (unpaired) electrons. The maximum absolute atomic E-state index is 13.6. The second-order valence-corrected chi connectivity index (χ2v) is 7.01. The summed E-state index contributed by atoms with van der Waals surface area (Å²) >= 11 is 12.1. The van der Waals surface area contributed by atoms with Gasteiger partial charge in [-0.05, 0) is 24.3 Å². The zero-order chi connectivity index (χ0) is 19.4. The Hall–Kier alpha value is -1.89. The second kappa shape index (κ2) is 8.87. The molecule has 144 valence electrons. The first-order chi connectivity index (χ1) is 13.0. The number of ether oxygens (including phenoxy) is 1. The lowest BCUT2D eigenvalue weighted by molar-refractivity contribution is -0.136. The number of amides is 1. The van der Waals surface area contributed by atoms with Gasteiger partial charge in [0, 0.05) is 36.8 Å². The molecule has 1 aliphatic heterocycles. The van der Waals surface area contributed by atoms with E-state index in [0.29, 0.717) is 36.2 Å². The second-order valence-electron chi connectivity index (χ2n) is 6.17. The molecule has 0 aliphatic carbocycles. The highest BCUT2D eigenvalue weighted by Gasteiger charge is 2.22. The Bertz CT molecular complexity index is 827. The molecular weight excluding hydrogens is 397 g/mol. The number of hydrogen-bond acceptors (Lipinski definition) is 3. The van der Waals surface area contributed by atoms with Crippen LogP contribution in [-0.4, -0.2) is 43.6 Å². The van der Waals surface area contributed by atoms with Gasteiger partial charge in [-0.1, -0.05) is 35.3 Å². The third kappa shape index (κ3) is 4.89. The quantitative estimate of drug-likeness (QED) is 0.736. The molecule has 1 aliphatic rings. The van der Waals surface area contributed by atoms with Crippen molar-refractivity contribution in [3.63, 3.8) is 0 Å². The largest absolute Gasteiger partial charge is 0.367 e. The molecule has 2 aromatic carbocycles. The fourth-order valence-corrected chi connectivity index (χ4v) is 3.46. The normalized spacial score (nSPS) is 14.5. The minimum atomic E-state index is -0.946. The van der Waals surface area contributed by atoms with Crippen molar-refractivity contribution in [2.45, 2.75) is 6.61 Å². The highest BCUT2D eigenvalue weighted by molar-refractivity contribution is 6.36. The summed E-state index contributed by atoms with van der Waals surface area (Å²) in [5.74, 6) is -2.06. The Morgan fingerprint density at radius 1 is 1.07 bits per heavy atom. The molecule has 0 saturated carbocycles. The number of nitrogens with zero attached hydrogens (tertiary/aromatic N) is 2. The van der Waals surface area contributed by atoms with E-state index in [1.54, 1.807) is 17.0 Å². The van der Waals surface area contributed by atoms with Crippen molar-refractivity contribution in [3.05, 3.63) is 63.6 Å². The number of carbonyl (C=O) groups excluding carboxylic acids is 1. The first kappa shape index (κ1) is 19.9. The Kier molecular flexibility index (Phi) is 6.52. The maximum Gasteiger partial charge on any atom is 0.248 e. The van der Waals surface area contributed by atoms with Crippen LogP contribution in [0.25, 0.3) is 0 Å². The zero-order valence-corrected chi connectivity index (χ0v) is 15.9. The molecule has 1 amide bonds. The summed E-state index contributed by atoms with van der Waals surface area (Å²) in [4.78, 5) is 16.0. The molecule has 0 spiro atoms. The average Bonchev–Trinajstić information content (AvgIpc) is 2.65. The van der Waals surface area contributed by atoms with Crippen molar-refractivity contribution in [2.24, 2.45) is 0 Å². The van der Waals surface area contributed by atoms with Gasteiger partial charge in [0.15, 0.2) is 11.6 Å². The molecule has 0 atom stereocenters. The number of piperazine rings is 1. The summed E-state index contributed by atoms with van der Waals surface area (Å²) in [6.45, 7) is 1.97. The van der Waals surface area contributed by atoms with E-state index in [9.17, 15) is 13.6 Å². The van der Waals surface area contributed by atoms with Crippen molar-refractivity contribution in [1.82, 2.24) is 4.90 Å². The number of anilines is 1. The smallest absolute Gasteiger partial charge is 0.248 e. The Morgan fingerprint density at radius 2 is 1.81 bits per heavy atom. The van der Waals surface area contributed by atoms with Crippen molar-refractivity contribution in [2.75, 3.05) is 37.7 Å². The predicted octanol–water partition coefficient (Wildman–Crippen LogP) is 4.14. The van der Waals surface area contributed by atoms with Crippen molar-refractivity contribution in [3.8, 4) is 0 Å². The first-order valence-electron chi connectivity index (χ1n) is 8.44. The number of benzene rings is 2. The molecule has 8 heteroatoms. The van der Waals surface area contributed by atoms with E-state index in [0.717, 1.165) is 11.8 Å². The maximum atomic E-state index is 13.6. The summed E-state index contributed by atoms with van der Waals surface area (Å²) in [7, 11) is 0. The molecule has 0 aromatic heterocycles. The molecule has 2 aromatic rings. The van der Waals surface area contributed by atoms with E-state index in [-0.39, 0.29) is 24.7 Å². The van der Waals surface area contributed by atoms with Gasteiger partial charge < -0.3 is 14.5 Å². The van der Waals surface area contributed by atoms with E-state index in [1.807, 2.05) is 6.07 Å². The lowest BCUT2D eigenvalue weighted by atomic mass is 10.2. The minimum Gasteiger partial charge on any atom is -0.367 e. The molecule has 27 heavy (non-hydrogen) atoms. The van der Waals surface area contributed by atoms with Crippen LogP contribution in [0.1, 0.15) is 5.56 Å². The number of hydrogen-bond donors (Lipinski definition) is 0. The minimum absolute atomic E-state index is 0.0880. The van der Waals surface area contributed by atoms with Gasteiger partial charge in [0.25, 0.3) is 0 Å². The standard InChI is InChI=1S/C19H18Cl2F2N2O2/c20-14-4-5-17(15(21)10-14)24-6-8-25(9-7-24)18(26)12-27-11-13-2-1-3-16(22)19(13)23/h1-5,10H,6-9,11-12H2. The van der Waals surface area contributed by atoms with Gasteiger partial charge in [0.05, 0.1) is 17.3 Å². The SMILES string of the molecule is O=C(COCc1cccc(F)c1F)N1CCN(c2ccc(Cl)cc2Cl)CC1. The van der Waals surface area contributed by atoms with Crippen LogP contribution in [0.5, 0.6) is 0 Å². The number of halogens is 4. The lowest BCUT2D eigenvalue weighted by Gasteiger charge is -2.36. The molecule has 0 unspecified atom stereocenters.